The lowest BCUT2D eigenvalue weighted by Gasteiger charge is -2.08. The van der Waals surface area contributed by atoms with E-state index in [4.69, 9.17) is 16.7 Å². The number of carboxylic acids is 1. The number of aryl methyl sites for hydroxylation is 1. The fraction of sp³-hybridized carbons (Fsp3) is 0.0909. The van der Waals surface area contributed by atoms with Crippen molar-refractivity contribution in [1.29, 1.82) is 0 Å². The summed E-state index contributed by atoms with van der Waals surface area (Å²) in [5.41, 5.74) is 0.0731. The molecule has 2 rings (SSSR count). The van der Waals surface area contributed by atoms with Crippen LogP contribution in [0.4, 0.5) is 5.00 Å². The molecule has 1 aromatic carbocycles. The number of hydrogen-bond donors (Lipinski definition) is 2. The number of benzene rings is 1. The second-order valence-electron chi connectivity index (χ2n) is 3.96. The first kappa shape index (κ1) is 16.2. The van der Waals surface area contributed by atoms with Crippen LogP contribution < -0.4 is 4.72 Å². The molecular weight excluding hydrogens is 404 g/mol. The highest BCUT2D eigenvalue weighted by Gasteiger charge is 2.24. The van der Waals surface area contributed by atoms with Gasteiger partial charge in [-0.2, -0.15) is 4.37 Å². The number of nitrogens with zero attached hydrogens (tertiary/aromatic N) is 1. The van der Waals surface area contributed by atoms with Crippen LogP contribution in [-0.2, 0) is 10.0 Å². The minimum Gasteiger partial charge on any atom is -0.478 e. The van der Waals surface area contributed by atoms with E-state index in [1.54, 1.807) is 0 Å². The Labute approximate surface area is 138 Å². The molecule has 0 saturated carbocycles. The Balaban J connectivity index is 2.45. The van der Waals surface area contributed by atoms with Crippen LogP contribution in [0.2, 0.25) is 5.02 Å². The highest BCUT2D eigenvalue weighted by atomic mass is 79.9. The lowest BCUT2D eigenvalue weighted by molar-refractivity contribution is 0.0697. The lowest BCUT2D eigenvalue weighted by atomic mass is 10.2. The Kier molecular flexibility index (Phi) is 4.57. The van der Waals surface area contributed by atoms with Crippen molar-refractivity contribution in [2.45, 2.75) is 11.8 Å². The van der Waals surface area contributed by atoms with Gasteiger partial charge in [-0.3, -0.25) is 4.72 Å². The van der Waals surface area contributed by atoms with Crippen LogP contribution in [0.15, 0.2) is 27.6 Å². The van der Waals surface area contributed by atoms with Crippen LogP contribution >= 0.6 is 39.1 Å². The van der Waals surface area contributed by atoms with E-state index in [-0.39, 0.29) is 26.2 Å². The Bertz CT molecular complexity index is 820. The quantitative estimate of drug-likeness (QED) is 0.804. The van der Waals surface area contributed by atoms with Crippen LogP contribution in [0.5, 0.6) is 0 Å². The van der Waals surface area contributed by atoms with E-state index in [0.717, 1.165) is 11.5 Å². The molecule has 2 N–H and O–H groups in total. The van der Waals surface area contributed by atoms with Crippen LogP contribution in [0.3, 0.4) is 0 Å². The largest absolute Gasteiger partial charge is 0.478 e. The van der Waals surface area contributed by atoms with Gasteiger partial charge in [0.2, 0.25) is 0 Å². The number of sulfonamides is 1. The monoisotopic (exact) mass is 410 g/mol. The van der Waals surface area contributed by atoms with Gasteiger partial charge >= 0.3 is 5.97 Å². The molecule has 0 aliphatic rings. The van der Waals surface area contributed by atoms with E-state index >= 15 is 0 Å². The maximum Gasteiger partial charge on any atom is 0.340 e. The number of carboxylic acid groups (broad SMARTS) is 1. The summed E-state index contributed by atoms with van der Waals surface area (Å²) < 4.78 is 31.3. The molecule has 2 aromatic rings. The molecule has 0 unspecified atom stereocenters. The molecule has 0 bridgehead atoms. The topological polar surface area (TPSA) is 96.4 Å². The maximum absolute atomic E-state index is 12.3. The van der Waals surface area contributed by atoms with Crippen LogP contribution in [0.25, 0.3) is 0 Å². The highest BCUT2D eigenvalue weighted by Crippen LogP contribution is 2.30. The van der Waals surface area contributed by atoms with E-state index in [1.807, 2.05) is 0 Å². The second-order valence-corrected chi connectivity index (χ2v) is 7.70. The zero-order valence-electron chi connectivity index (χ0n) is 10.4. The van der Waals surface area contributed by atoms with Crippen molar-refractivity contribution in [1.82, 2.24) is 4.37 Å². The SMILES string of the molecule is Cc1nsc(NS(=O)(=O)c2ccc(Br)cc2Cl)c1C(=O)O. The molecule has 0 spiro atoms. The Morgan fingerprint density at radius 2 is 2.14 bits per heavy atom. The molecule has 112 valence electrons. The van der Waals surface area contributed by atoms with Crippen molar-refractivity contribution in [2.24, 2.45) is 0 Å². The molecule has 1 aromatic heterocycles. The molecule has 1 heterocycles. The predicted molar refractivity (Wildman–Crippen MR) is 83.8 cm³/mol. The Morgan fingerprint density at radius 3 is 2.71 bits per heavy atom. The van der Waals surface area contributed by atoms with Crippen LogP contribution in [0.1, 0.15) is 16.1 Å². The molecule has 21 heavy (non-hydrogen) atoms. The van der Waals surface area contributed by atoms with E-state index in [9.17, 15) is 13.2 Å². The molecule has 0 fully saturated rings. The van der Waals surface area contributed by atoms with Crippen molar-refractivity contribution >= 4 is 60.1 Å². The number of nitrogens with one attached hydrogen (secondary N) is 1. The number of carbonyl (C=O) groups is 1. The first-order chi connectivity index (χ1) is 9.72. The van der Waals surface area contributed by atoms with Gasteiger partial charge < -0.3 is 5.11 Å². The van der Waals surface area contributed by atoms with Gasteiger partial charge in [0.05, 0.1) is 10.7 Å². The van der Waals surface area contributed by atoms with Crippen LogP contribution in [0, 0.1) is 6.92 Å². The molecule has 0 aliphatic carbocycles. The summed E-state index contributed by atoms with van der Waals surface area (Å²) in [6.07, 6.45) is 0. The third kappa shape index (κ3) is 3.37. The molecule has 0 radical (unpaired) electrons. The predicted octanol–water partition coefficient (Wildman–Crippen LogP) is 3.37. The van der Waals surface area contributed by atoms with E-state index in [1.165, 1.54) is 25.1 Å². The Hall–Kier alpha value is -1.16. The Morgan fingerprint density at radius 1 is 1.48 bits per heavy atom. The zero-order valence-corrected chi connectivity index (χ0v) is 14.4. The first-order valence-corrected chi connectivity index (χ1v) is 8.82. The normalized spacial score (nSPS) is 11.4. The number of aromatic carboxylic acids is 1. The van der Waals surface area contributed by atoms with Gasteiger partial charge in [0.1, 0.15) is 15.5 Å². The van der Waals surface area contributed by atoms with E-state index in [0.29, 0.717) is 4.47 Å². The molecule has 0 aliphatic heterocycles. The number of halogens is 2. The number of anilines is 1. The van der Waals surface area contributed by atoms with Gasteiger partial charge in [-0.15, -0.1) is 0 Å². The summed E-state index contributed by atoms with van der Waals surface area (Å²) in [7, 11) is -4.00. The third-order valence-electron chi connectivity index (χ3n) is 2.49. The van der Waals surface area contributed by atoms with Crippen molar-refractivity contribution in [3.8, 4) is 0 Å². The third-order valence-corrected chi connectivity index (χ3v) is 5.80. The van der Waals surface area contributed by atoms with Gasteiger partial charge in [0.15, 0.2) is 0 Å². The minimum atomic E-state index is -4.00. The standard InChI is InChI=1S/C11H8BrClN2O4S2/c1-5-9(11(16)17)10(20-14-5)15-21(18,19)8-3-2-6(12)4-7(8)13/h2-4,15H,1H3,(H,16,17). The van der Waals surface area contributed by atoms with Crippen molar-refractivity contribution in [3.05, 3.63) is 39.0 Å². The fourth-order valence-corrected chi connectivity index (χ4v) is 4.68. The van der Waals surface area contributed by atoms with Gasteiger partial charge in [-0.25, -0.2) is 13.2 Å². The highest BCUT2D eigenvalue weighted by molar-refractivity contribution is 9.10. The van der Waals surface area contributed by atoms with E-state index < -0.39 is 16.0 Å². The van der Waals surface area contributed by atoms with Gasteiger partial charge in [-0.05, 0) is 36.7 Å². The summed E-state index contributed by atoms with van der Waals surface area (Å²) in [4.78, 5) is 11.0. The number of rotatable bonds is 4. The summed E-state index contributed by atoms with van der Waals surface area (Å²) in [5.74, 6) is -1.25. The van der Waals surface area contributed by atoms with Gasteiger partial charge in [0, 0.05) is 4.47 Å². The molecule has 0 saturated heterocycles. The average Bonchev–Trinajstić information content (AvgIpc) is 2.68. The van der Waals surface area contributed by atoms with Gasteiger partial charge in [0.25, 0.3) is 10.0 Å². The molecule has 0 atom stereocenters. The summed E-state index contributed by atoms with van der Waals surface area (Å²) in [6, 6.07) is 4.28. The van der Waals surface area contributed by atoms with Crippen LogP contribution in [-0.4, -0.2) is 23.9 Å². The first-order valence-electron chi connectivity index (χ1n) is 5.40. The molecule has 6 nitrogen and oxygen atoms in total. The van der Waals surface area contributed by atoms with Crippen molar-refractivity contribution < 1.29 is 18.3 Å². The fourth-order valence-electron chi connectivity index (χ4n) is 1.56. The molecule has 0 amide bonds. The number of aromatic nitrogens is 1. The van der Waals surface area contributed by atoms with Crippen molar-refractivity contribution in [3.63, 3.8) is 0 Å². The molecular formula is C11H8BrClN2O4S2. The summed E-state index contributed by atoms with van der Waals surface area (Å²) in [5, 5.41) is 9.06. The zero-order chi connectivity index (χ0) is 15.8. The summed E-state index contributed by atoms with van der Waals surface area (Å²) >= 11 is 9.85. The van der Waals surface area contributed by atoms with E-state index in [2.05, 4.69) is 25.0 Å². The second kappa shape index (κ2) is 5.91. The van der Waals surface area contributed by atoms with Gasteiger partial charge in [-0.1, -0.05) is 27.5 Å². The minimum absolute atomic E-state index is 0.0231. The number of hydrogen-bond acceptors (Lipinski definition) is 5. The molecule has 10 heteroatoms. The maximum atomic E-state index is 12.3. The summed E-state index contributed by atoms with van der Waals surface area (Å²) in [6.45, 7) is 1.49. The smallest absolute Gasteiger partial charge is 0.340 e. The average molecular weight is 412 g/mol. The van der Waals surface area contributed by atoms with Crippen molar-refractivity contribution in [2.75, 3.05) is 4.72 Å². The lowest BCUT2D eigenvalue weighted by Crippen LogP contribution is -2.15.